The van der Waals surface area contributed by atoms with Gasteiger partial charge in [-0.15, -0.1) is 0 Å². The topological polar surface area (TPSA) is 56.7 Å². The van der Waals surface area contributed by atoms with Gasteiger partial charge >= 0.3 is 0 Å². The molecule has 1 heterocycles. The Morgan fingerprint density at radius 1 is 1.15 bits per heavy atom. The Morgan fingerprint density at radius 3 is 2.56 bits per heavy atom. The summed E-state index contributed by atoms with van der Waals surface area (Å²) in [5.41, 5.74) is 1.79. The number of rotatable bonds is 6. The molecule has 1 aliphatic carbocycles. The number of fused-ring (bicyclic) bond motifs is 1. The van der Waals surface area contributed by atoms with Crippen LogP contribution >= 0.6 is 0 Å². The van der Waals surface area contributed by atoms with Crippen molar-refractivity contribution in [1.29, 1.82) is 0 Å². The van der Waals surface area contributed by atoms with E-state index in [1.807, 2.05) is 24.3 Å². The molecule has 2 aliphatic rings. The van der Waals surface area contributed by atoms with Gasteiger partial charge in [0.1, 0.15) is 0 Å². The highest BCUT2D eigenvalue weighted by molar-refractivity contribution is 5.94. The standard InChI is InChI=1S/C22H34N4O/c1-3-12-24-21(27)18-11-7-8-17(13-18)14-25-22(23-4-2)26-15-19-9-5-6-10-20(19)16-26/h7-8,11,13,19-20H,3-6,9-10,12,14-16H2,1-2H3,(H,23,25)(H,24,27). The summed E-state index contributed by atoms with van der Waals surface area (Å²) in [6, 6.07) is 7.83. The zero-order valence-electron chi connectivity index (χ0n) is 16.8. The van der Waals surface area contributed by atoms with Crippen molar-refractivity contribution in [1.82, 2.24) is 15.5 Å². The minimum atomic E-state index is -0.00166. The molecule has 148 valence electrons. The molecule has 5 heteroatoms. The van der Waals surface area contributed by atoms with Crippen LogP contribution in [0.15, 0.2) is 29.3 Å². The maximum Gasteiger partial charge on any atom is 0.251 e. The Labute approximate surface area is 163 Å². The van der Waals surface area contributed by atoms with Crippen LogP contribution < -0.4 is 10.6 Å². The van der Waals surface area contributed by atoms with Gasteiger partial charge in [-0.25, -0.2) is 4.99 Å². The molecule has 3 rings (SSSR count). The number of nitrogens with one attached hydrogen (secondary N) is 2. The number of benzene rings is 1. The molecule has 0 bridgehead atoms. The lowest BCUT2D eigenvalue weighted by molar-refractivity contribution is 0.0953. The van der Waals surface area contributed by atoms with E-state index in [-0.39, 0.29) is 5.91 Å². The minimum absolute atomic E-state index is 0.00166. The molecule has 2 fully saturated rings. The first-order valence-corrected chi connectivity index (χ1v) is 10.6. The molecule has 2 N–H and O–H groups in total. The van der Waals surface area contributed by atoms with E-state index in [9.17, 15) is 4.79 Å². The summed E-state index contributed by atoms with van der Waals surface area (Å²) in [5.74, 6) is 2.70. The van der Waals surface area contributed by atoms with E-state index < -0.39 is 0 Å². The van der Waals surface area contributed by atoms with Gasteiger partial charge in [0, 0.05) is 31.7 Å². The third kappa shape index (κ3) is 5.24. The van der Waals surface area contributed by atoms with Crippen LogP contribution in [-0.4, -0.2) is 42.9 Å². The molecular weight excluding hydrogens is 336 g/mol. The van der Waals surface area contributed by atoms with Crippen molar-refractivity contribution in [2.45, 2.75) is 52.5 Å². The van der Waals surface area contributed by atoms with Crippen molar-refractivity contribution < 1.29 is 4.79 Å². The Bertz CT molecular complexity index is 643. The molecule has 1 aliphatic heterocycles. The lowest BCUT2D eigenvalue weighted by atomic mass is 9.82. The summed E-state index contributed by atoms with van der Waals surface area (Å²) >= 11 is 0. The molecule has 27 heavy (non-hydrogen) atoms. The molecule has 1 saturated heterocycles. The highest BCUT2D eigenvalue weighted by atomic mass is 16.1. The van der Waals surface area contributed by atoms with Gasteiger partial charge in [-0.1, -0.05) is 31.9 Å². The van der Waals surface area contributed by atoms with Crippen LogP contribution in [0.25, 0.3) is 0 Å². The summed E-state index contributed by atoms with van der Waals surface area (Å²) < 4.78 is 0. The molecule has 0 spiro atoms. The maximum absolute atomic E-state index is 12.2. The SMILES string of the molecule is CCCNC(=O)c1cccc(CN=C(NCC)N2CC3CCCCC3C2)c1. The average molecular weight is 371 g/mol. The second-order valence-electron chi connectivity index (χ2n) is 7.84. The van der Waals surface area contributed by atoms with Crippen molar-refractivity contribution in [3.05, 3.63) is 35.4 Å². The fourth-order valence-electron chi connectivity index (χ4n) is 4.32. The van der Waals surface area contributed by atoms with Crippen LogP contribution in [0.2, 0.25) is 0 Å². The molecule has 1 amide bonds. The zero-order chi connectivity index (χ0) is 19.1. The van der Waals surface area contributed by atoms with E-state index in [1.54, 1.807) is 0 Å². The van der Waals surface area contributed by atoms with Crippen LogP contribution in [0.5, 0.6) is 0 Å². The van der Waals surface area contributed by atoms with Gasteiger partial charge in [-0.3, -0.25) is 4.79 Å². The highest BCUT2D eigenvalue weighted by Crippen LogP contribution is 2.35. The lowest BCUT2D eigenvalue weighted by Gasteiger charge is -2.22. The fraction of sp³-hybridized carbons (Fsp3) is 0.636. The molecular formula is C22H34N4O. The number of aliphatic imine (C=N–C) groups is 1. The third-order valence-corrected chi connectivity index (χ3v) is 5.75. The summed E-state index contributed by atoms with van der Waals surface area (Å²) in [5, 5.41) is 6.41. The number of likely N-dealkylation sites (tertiary alicyclic amines) is 1. The van der Waals surface area contributed by atoms with Crippen molar-refractivity contribution in [3.8, 4) is 0 Å². The third-order valence-electron chi connectivity index (χ3n) is 5.75. The normalized spacial score (nSPS) is 22.4. The maximum atomic E-state index is 12.2. The molecule has 1 aromatic rings. The van der Waals surface area contributed by atoms with Gasteiger partial charge in [0.05, 0.1) is 6.54 Å². The van der Waals surface area contributed by atoms with E-state index >= 15 is 0 Å². The zero-order valence-corrected chi connectivity index (χ0v) is 16.8. The van der Waals surface area contributed by atoms with Gasteiger partial charge in [0.15, 0.2) is 5.96 Å². The molecule has 0 radical (unpaired) electrons. The van der Waals surface area contributed by atoms with Crippen molar-refractivity contribution >= 4 is 11.9 Å². The van der Waals surface area contributed by atoms with Crippen LogP contribution in [0.3, 0.4) is 0 Å². The van der Waals surface area contributed by atoms with Crippen LogP contribution in [0.1, 0.15) is 61.9 Å². The van der Waals surface area contributed by atoms with Gasteiger partial charge in [0.2, 0.25) is 0 Å². The quantitative estimate of drug-likeness (QED) is 0.596. The van der Waals surface area contributed by atoms with Gasteiger partial charge in [-0.05, 0) is 55.7 Å². The minimum Gasteiger partial charge on any atom is -0.357 e. The van der Waals surface area contributed by atoms with Gasteiger partial charge in [0.25, 0.3) is 5.91 Å². The molecule has 2 atom stereocenters. The molecule has 1 aromatic carbocycles. The Morgan fingerprint density at radius 2 is 1.89 bits per heavy atom. The van der Waals surface area contributed by atoms with Gasteiger partial charge in [-0.2, -0.15) is 0 Å². The summed E-state index contributed by atoms with van der Waals surface area (Å²) in [6.45, 7) is 8.64. The number of nitrogens with zero attached hydrogens (tertiary/aromatic N) is 2. The smallest absolute Gasteiger partial charge is 0.251 e. The van der Waals surface area contributed by atoms with E-state index in [0.717, 1.165) is 49.4 Å². The fourth-order valence-corrected chi connectivity index (χ4v) is 4.32. The van der Waals surface area contributed by atoms with E-state index in [0.29, 0.717) is 18.7 Å². The van der Waals surface area contributed by atoms with E-state index in [2.05, 4.69) is 29.4 Å². The predicted octanol–water partition coefficient (Wildman–Crippen LogP) is 3.41. The highest BCUT2D eigenvalue weighted by Gasteiger charge is 2.35. The first-order chi connectivity index (χ1) is 13.2. The number of hydrogen-bond donors (Lipinski definition) is 2. The Balaban J connectivity index is 1.65. The Kier molecular flexibility index (Phi) is 7.13. The van der Waals surface area contributed by atoms with Crippen molar-refractivity contribution in [3.63, 3.8) is 0 Å². The largest absolute Gasteiger partial charge is 0.357 e. The molecule has 5 nitrogen and oxygen atoms in total. The van der Waals surface area contributed by atoms with Crippen LogP contribution in [-0.2, 0) is 6.54 Å². The number of amides is 1. The average Bonchev–Trinajstić information content (AvgIpc) is 3.13. The summed E-state index contributed by atoms with van der Waals surface area (Å²) in [4.78, 5) is 19.5. The van der Waals surface area contributed by atoms with E-state index in [4.69, 9.17) is 4.99 Å². The van der Waals surface area contributed by atoms with E-state index in [1.165, 1.54) is 25.7 Å². The first kappa shape index (κ1) is 19.7. The second-order valence-corrected chi connectivity index (χ2v) is 7.84. The number of carbonyl (C=O) groups excluding carboxylic acids is 1. The molecule has 2 unspecified atom stereocenters. The van der Waals surface area contributed by atoms with Crippen LogP contribution in [0.4, 0.5) is 0 Å². The monoisotopic (exact) mass is 370 g/mol. The summed E-state index contributed by atoms with van der Waals surface area (Å²) in [6.07, 6.45) is 6.45. The predicted molar refractivity (Wildman–Crippen MR) is 111 cm³/mol. The van der Waals surface area contributed by atoms with Crippen molar-refractivity contribution in [2.75, 3.05) is 26.2 Å². The first-order valence-electron chi connectivity index (χ1n) is 10.6. The van der Waals surface area contributed by atoms with Crippen molar-refractivity contribution in [2.24, 2.45) is 16.8 Å². The second kappa shape index (κ2) is 9.77. The summed E-state index contributed by atoms with van der Waals surface area (Å²) in [7, 11) is 0. The van der Waals surface area contributed by atoms with Crippen LogP contribution in [0, 0.1) is 11.8 Å². The molecule has 1 saturated carbocycles. The number of guanidine groups is 1. The number of carbonyl (C=O) groups is 1. The van der Waals surface area contributed by atoms with Gasteiger partial charge < -0.3 is 15.5 Å². The molecule has 0 aromatic heterocycles. The number of hydrogen-bond acceptors (Lipinski definition) is 2. The lowest BCUT2D eigenvalue weighted by Crippen LogP contribution is -2.40. The Hall–Kier alpha value is -2.04.